The van der Waals surface area contributed by atoms with Crippen molar-refractivity contribution < 1.29 is 14.0 Å². The van der Waals surface area contributed by atoms with Crippen LogP contribution in [-0.2, 0) is 16.0 Å². The van der Waals surface area contributed by atoms with Crippen LogP contribution in [-0.4, -0.2) is 49.4 Å². The summed E-state index contributed by atoms with van der Waals surface area (Å²) in [5.41, 5.74) is 1.75. The van der Waals surface area contributed by atoms with Crippen LogP contribution >= 0.6 is 0 Å². The molecule has 0 saturated carbocycles. The van der Waals surface area contributed by atoms with Crippen LogP contribution in [0.5, 0.6) is 0 Å². The Morgan fingerprint density at radius 1 is 0.926 bits per heavy atom. The zero-order valence-electron chi connectivity index (χ0n) is 15.2. The Kier molecular flexibility index (Phi) is 6.41. The molecular weight excluding hydrogens is 345 g/mol. The first kappa shape index (κ1) is 18.9. The Balaban J connectivity index is 1.41. The normalized spacial score (nSPS) is 14.1. The van der Waals surface area contributed by atoms with E-state index in [-0.39, 0.29) is 5.82 Å². The third-order valence-electron chi connectivity index (χ3n) is 4.72. The van der Waals surface area contributed by atoms with Gasteiger partial charge in [-0.15, -0.1) is 0 Å². The molecule has 1 heterocycles. The van der Waals surface area contributed by atoms with Gasteiger partial charge in [-0.3, -0.25) is 9.59 Å². The van der Waals surface area contributed by atoms with Crippen LogP contribution in [0.2, 0.25) is 0 Å². The number of halogens is 1. The van der Waals surface area contributed by atoms with Crippen LogP contribution in [0.1, 0.15) is 12.0 Å². The highest BCUT2D eigenvalue weighted by Crippen LogP contribution is 2.20. The summed E-state index contributed by atoms with van der Waals surface area (Å²) in [6, 6.07) is 16.6. The number of nitrogens with zero attached hydrogens (tertiary/aromatic N) is 2. The zero-order chi connectivity index (χ0) is 19.1. The molecular formula is C21H24FN3O2. The first-order valence-electron chi connectivity index (χ1n) is 9.25. The third kappa shape index (κ3) is 5.06. The topological polar surface area (TPSA) is 52.7 Å². The summed E-state index contributed by atoms with van der Waals surface area (Å²) >= 11 is 0. The van der Waals surface area contributed by atoms with Gasteiger partial charge in [-0.1, -0.05) is 42.5 Å². The highest BCUT2D eigenvalue weighted by atomic mass is 19.1. The summed E-state index contributed by atoms with van der Waals surface area (Å²) < 4.78 is 13.9. The van der Waals surface area contributed by atoms with Gasteiger partial charge in [0.2, 0.25) is 0 Å². The summed E-state index contributed by atoms with van der Waals surface area (Å²) in [7, 11) is 0. The van der Waals surface area contributed by atoms with Crippen molar-refractivity contribution in [3.05, 3.63) is 66.0 Å². The number of para-hydroxylation sites is 1. The summed E-state index contributed by atoms with van der Waals surface area (Å²) in [6.07, 6.45) is 1.64. The van der Waals surface area contributed by atoms with Gasteiger partial charge in [-0.2, -0.15) is 0 Å². The number of hydrogen-bond acceptors (Lipinski definition) is 3. The second kappa shape index (κ2) is 9.16. The van der Waals surface area contributed by atoms with E-state index in [2.05, 4.69) is 5.32 Å². The fourth-order valence-corrected chi connectivity index (χ4v) is 3.22. The van der Waals surface area contributed by atoms with Gasteiger partial charge in [-0.05, 0) is 30.5 Å². The molecule has 0 bridgehead atoms. The smallest absolute Gasteiger partial charge is 0.312 e. The molecule has 0 aliphatic carbocycles. The van der Waals surface area contributed by atoms with Crippen LogP contribution in [0.4, 0.5) is 10.1 Å². The maximum absolute atomic E-state index is 13.9. The van der Waals surface area contributed by atoms with E-state index < -0.39 is 11.8 Å². The lowest BCUT2D eigenvalue weighted by molar-refractivity contribution is -0.146. The first-order valence-corrected chi connectivity index (χ1v) is 9.25. The van der Waals surface area contributed by atoms with Crippen molar-refractivity contribution in [1.29, 1.82) is 0 Å². The Bertz CT molecular complexity index is 774. The number of carbonyl (C=O) groups excluding carboxylic acids is 2. The van der Waals surface area contributed by atoms with E-state index in [9.17, 15) is 14.0 Å². The van der Waals surface area contributed by atoms with Crippen LogP contribution in [0.3, 0.4) is 0 Å². The predicted molar refractivity (Wildman–Crippen MR) is 103 cm³/mol. The van der Waals surface area contributed by atoms with Gasteiger partial charge in [0, 0.05) is 32.7 Å². The maximum atomic E-state index is 13.9. The zero-order valence-corrected chi connectivity index (χ0v) is 15.2. The largest absolute Gasteiger partial charge is 0.366 e. The molecule has 142 valence electrons. The van der Waals surface area contributed by atoms with Crippen LogP contribution in [0.15, 0.2) is 54.6 Å². The number of hydrogen-bond donors (Lipinski definition) is 1. The Morgan fingerprint density at radius 3 is 2.30 bits per heavy atom. The molecule has 5 nitrogen and oxygen atoms in total. The van der Waals surface area contributed by atoms with Crippen molar-refractivity contribution >= 4 is 17.5 Å². The third-order valence-corrected chi connectivity index (χ3v) is 4.72. The minimum Gasteiger partial charge on any atom is -0.366 e. The molecule has 2 aromatic rings. The first-order chi connectivity index (χ1) is 13.1. The number of benzene rings is 2. The monoisotopic (exact) mass is 369 g/mol. The van der Waals surface area contributed by atoms with E-state index in [1.165, 1.54) is 16.5 Å². The molecule has 27 heavy (non-hydrogen) atoms. The molecule has 2 aromatic carbocycles. The molecule has 0 unspecified atom stereocenters. The molecule has 1 aliphatic rings. The molecule has 0 atom stereocenters. The van der Waals surface area contributed by atoms with Gasteiger partial charge in [0.15, 0.2) is 0 Å². The fourth-order valence-electron chi connectivity index (χ4n) is 3.22. The lowest BCUT2D eigenvalue weighted by Gasteiger charge is -2.35. The number of aryl methyl sites for hydroxylation is 1. The van der Waals surface area contributed by atoms with Crippen molar-refractivity contribution in [2.45, 2.75) is 12.8 Å². The number of nitrogens with one attached hydrogen (secondary N) is 1. The van der Waals surface area contributed by atoms with Crippen molar-refractivity contribution in [2.75, 3.05) is 37.6 Å². The molecule has 6 heteroatoms. The quantitative estimate of drug-likeness (QED) is 0.650. The van der Waals surface area contributed by atoms with Crippen LogP contribution in [0, 0.1) is 5.82 Å². The average molecular weight is 369 g/mol. The SMILES string of the molecule is O=C(NCCCc1ccccc1)C(=O)N1CCN(c2ccccc2F)CC1. The number of anilines is 1. The molecule has 1 fully saturated rings. The van der Waals surface area contributed by atoms with Crippen LogP contribution in [0.25, 0.3) is 0 Å². The van der Waals surface area contributed by atoms with Gasteiger partial charge < -0.3 is 15.1 Å². The van der Waals surface area contributed by atoms with Gasteiger partial charge in [0.25, 0.3) is 0 Å². The lowest BCUT2D eigenvalue weighted by atomic mass is 10.1. The maximum Gasteiger partial charge on any atom is 0.312 e. The Morgan fingerprint density at radius 2 is 1.59 bits per heavy atom. The van der Waals surface area contributed by atoms with E-state index in [1.807, 2.05) is 35.2 Å². The molecule has 0 radical (unpaired) electrons. The van der Waals surface area contributed by atoms with Gasteiger partial charge in [0.1, 0.15) is 5.82 Å². The molecule has 0 spiro atoms. The summed E-state index contributed by atoms with van der Waals surface area (Å²) in [5.74, 6) is -1.35. The van der Waals surface area contributed by atoms with Gasteiger partial charge in [0.05, 0.1) is 5.69 Å². The summed E-state index contributed by atoms with van der Waals surface area (Å²) in [6.45, 7) is 2.30. The minimum absolute atomic E-state index is 0.270. The van der Waals surface area contributed by atoms with Crippen LogP contribution < -0.4 is 10.2 Å². The van der Waals surface area contributed by atoms with Crippen molar-refractivity contribution in [3.63, 3.8) is 0 Å². The highest BCUT2D eigenvalue weighted by Gasteiger charge is 2.26. The van der Waals surface area contributed by atoms with Crippen molar-refractivity contribution in [2.24, 2.45) is 0 Å². The van der Waals surface area contributed by atoms with E-state index in [4.69, 9.17) is 0 Å². The number of carbonyl (C=O) groups is 2. The van der Waals surface area contributed by atoms with E-state index in [0.717, 1.165) is 12.8 Å². The second-order valence-electron chi connectivity index (χ2n) is 6.58. The van der Waals surface area contributed by atoms with Gasteiger partial charge in [-0.25, -0.2) is 4.39 Å². The molecule has 1 saturated heterocycles. The Labute approximate surface area is 158 Å². The fraction of sp³-hybridized carbons (Fsp3) is 0.333. The molecule has 1 N–H and O–H groups in total. The lowest BCUT2D eigenvalue weighted by Crippen LogP contribution is -2.53. The highest BCUT2D eigenvalue weighted by molar-refractivity contribution is 6.35. The van der Waals surface area contributed by atoms with E-state index in [0.29, 0.717) is 38.4 Å². The number of rotatable bonds is 5. The second-order valence-corrected chi connectivity index (χ2v) is 6.58. The molecule has 2 amide bonds. The minimum atomic E-state index is -0.567. The van der Waals surface area contributed by atoms with Crippen molar-refractivity contribution in [1.82, 2.24) is 10.2 Å². The number of piperazine rings is 1. The average Bonchev–Trinajstić information content (AvgIpc) is 2.72. The van der Waals surface area contributed by atoms with E-state index >= 15 is 0 Å². The Hall–Kier alpha value is -2.89. The predicted octanol–water partition coefficient (Wildman–Crippen LogP) is 2.22. The van der Waals surface area contributed by atoms with Crippen molar-refractivity contribution in [3.8, 4) is 0 Å². The van der Waals surface area contributed by atoms with E-state index in [1.54, 1.807) is 18.2 Å². The molecule has 0 aromatic heterocycles. The summed E-state index contributed by atoms with van der Waals surface area (Å²) in [5, 5.41) is 2.70. The molecule has 1 aliphatic heterocycles. The van der Waals surface area contributed by atoms with Gasteiger partial charge >= 0.3 is 11.8 Å². The molecule has 3 rings (SSSR count). The number of amides is 2. The standard InChI is InChI=1S/C21H24FN3O2/c22-18-10-4-5-11-19(18)24-13-15-25(16-14-24)21(27)20(26)23-12-6-9-17-7-2-1-3-8-17/h1-5,7-8,10-11H,6,9,12-16H2,(H,23,26). The summed E-state index contributed by atoms with van der Waals surface area (Å²) in [4.78, 5) is 27.8.